The minimum Gasteiger partial charge on any atom is -0.462 e. The van der Waals surface area contributed by atoms with E-state index in [1.165, 1.54) is 321 Å². The highest BCUT2D eigenvalue weighted by atomic mass is 31.2. The molecule has 0 aliphatic heterocycles. The molecule has 0 aliphatic carbocycles. The van der Waals surface area contributed by atoms with Crippen molar-refractivity contribution >= 4 is 39.5 Å². The van der Waals surface area contributed by atoms with Crippen LogP contribution in [0.1, 0.15) is 497 Å². The Balaban J connectivity index is 5.19. The predicted molar refractivity (Wildman–Crippen MR) is 455 cm³/mol. The summed E-state index contributed by atoms with van der Waals surface area (Å²) in [5.41, 5.74) is 0. The number of phosphoric ester groups is 2. The van der Waals surface area contributed by atoms with Gasteiger partial charge in [-0.1, -0.05) is 446 Å². The Morgan fingerprint density at radius 2 is 0.418 bits per heavy atom. The van der Waals surface area contributed by atoms with Gasteiger partial charge in [-0.2, -0.15) is 0 Å². The van der Waals surface area contributed by atoms with Crippen molar-refractivity contribution in [1.29, 1.82) is 0 Å². The lowest BCUT2D eigenvalue weighted by Crippen LogP contribution is -2.30. The van der Waals surface area contributed by atoms with E-state index in [0.29, 0.717) is 25.7 Å². The lowest BCUT2D eigenvalue weighted by Gasteiger charge is -2.21. The highest BCUT2D eigenvalue weighted by molar-refractivity contribution is 7.47. The fourth-order valence-electron chi connectivity index (χ4n) is 14.4. The van der Waals surface area contributed by atoms with Crippen molar-refractivity contribution in [2.45, 2.75) is 515 Å². The molecule has 0 aromatic heterocycles. The van der Waals surface area contributed by atoms with E-state index in [-0.39, 0.29) is 25.7 Å². The molecule has 0 spiro atoms. The number of phosphoric acid groups is 2. The third-order valence-electron chi connectivity index (χ3n) is 21.5. The first-order valence-corrected chi connectivity index (χ1v) is 50.1. The summed E-state index contributed by atoms with van der Waals surface area (Å²) in [5, 5.41) is 10.7. The monoisotopic (exact) mass is 1610 g/mol. The van der Waals surface area contributed by atoms with Gasteiger partial charge in [0.05, 0.1) is 26.4 Å². The van der Waals surface area contributed by atoms with Gasteiger partial charge in [-0.25, -0.2) is 9.13 Å². The molecule has 0 radical (unpaired) electrons. The Hall–Kier alpha value is -1.94. The molecule has 0 saturated heterocycles. The van der Waals surface area contributed by atoms with Gasteiger partial charge in [0, 0.05) is 25.7 Å². The SMILES string of the molecule is CCCCCCCCCCCCCCCCCCCCCCCC(=O)OC[C@H](COP(=O)(O)OC[C@@H](O)COP(=O)(O)OC[C@@H](COC(=O)CCCCCCCCCCC)OC(=O)CCCCCCCCCCCCCCCCCCCCC)OC(=O)CCCCCCCCCCCCCCCCCCCCC(C)C. The summed E-state index contributed by atoms with van der Waals surface area (Å²) in [6, 6.07) is 0. The largest absolute Gasteiger partial charge is 0.472 e. The number of hydrogen-bond acceptors (Lipinski definition) is 15. The minimum absolute atomic E-state index is 0.109. The van der Waals surface area contributed by atoms with Crippen LogP contribution in [0.4, 0.5) is 0 Å². The lowest BCUT2D eigenvalue weighted by atomic mass is 10.0. The molecular formula is C91H178O17P2. The number of rotatable bonds is 91. The topological polar surface area (TPSA) is 237 Å². The maximum atomic E-state index is 13.2. The molecule has 19 heteroatoms. The Labute approximate surface area is 677 Å². The van der Waals surface area contributed by atoms with E-state index < -0.39 is 97.5 Å². The van der Waals surface area contributed by atoms with Gasteiger partial charge in [-0.05, 0) is 31.6 Å². The van der Waals surface area contributed by atoms with Crippen molar-refractivity contribution in [2.75, 3.05) is 39.6 Å². The van der Waals surface area contributed by atoms with Crippen molar-refractivity contribution < 1.29 is 80.2 Å². The van der Waals surface area contributed by atoms with Crippen molar-refractivity contribution in [3.63, 3.8) is 0 Å². The summed E-state index contributed by atoms with van der Waals surface area (Å²) < 4.78 is 69.0. The van der Waals surface area contributed by atoms with Gasteiger partial charge in [0.2, 0.25) is 0 Å². The summed E-state index contributed by atoms with van der Waals surface area (Å²) in [5.74, 6) is -1.28. The highest BCUT2D eigenvalue weighted by Crippen LogP contribution is 2.45. The van der Waals surface area contributed by atoms with Gasteiger partial charge in [0.25, 0.3) is 0 Å². The van der Waals surface area contributed by atoms with E-state index in [2.05, 4.69) is 34.6 Å². The van der Waals surface area contributed by atoms with Gasteiger partial charge < -0.3 is 33.8 Å². The van der Waals surface area contributed by atoms with Gasteiger partial charge in [-0.15, -0.1) is 0 Å². The third-order valence-corrected chi connectivity index (χ3v) is 23.4. The van der Waals surface area contributed by atoms with Crippen LogP contribution in [0.25, 0.3) is 0 Å². The number of unbranched alkanes of at least 4 members (excludes halogenated alkanes) is 63. The number of carbonyl (C=O) groups excluding carboxylic acids is 4. The Bertz CT molecular complexity index is 2080. The summed E-state index contributed by atoms with van der Waals surface area (Å²) in [6.45, 7) is 7.41. The second kappa shape index (κ2) is 83.5. The van der Waals surface area contributed by atoms with E-state index in [4.69, 9.17) is 37.0 Å². The molecule has 0 heterocycles. The predicted octanol–water partition coefficient (Wildman–Crippen LogP) is 28.3. The van der Waals surface area contributed by atoms with Gasteiger partial charge in [0.15, 0.2) is 12.2 Å². The molecule has 5 atom stereocenters. The molecule has 3 N–H and O–H groups in total. The molecule has 0 bridgehead atoms. The average molecular weight is 1610 g/mol. The van der Waals surface area contributed by atoms with Crippen LogP contribution in [0.15, 0.2) is 0 Å². The van der Waals surface area contributed by atoms with E-state index in [1.54, 1.807) is 0 Å². The molecule has 0 aliphatic rings. The van der Waals surface area contributed by atoms with Gasteiger partial charge in [-0.3, -0.25) is 37.3 Å². The summed E-state index contributed by atoms with van der Waals surface area (Å²) in [4.78, 5) is 73.3. The number of ether oxygens (including phenoxy) is 4. The highest BCUT2D eigenvalue weighted by Gasteiger charge is 2.31. The molecule has 110 heavy (non-hydrogen) atoms. The zero-order valence-corrected chi connectivity index (χ0v) is 74.2. The number of aliphatic hydroxyl groups excluding tert-OH is 1. The molecule has 0 aromatic carbocycles. The molecule has 0 fully saturated rings. The molecule has 654 valence electrons. The van der Waals surface area contributed by atoms with Crippen LogP contribution in [0, 0.1) is 5.92 Å². The number of aliphatic hydroxyl groups is 1. The van der Waals surface area contributed by atoms with Gasteiger partial charge >= 0.3 is 39.5 Å². The van der Waals surface area contributed by atoms with E-state index in [0.717, 1.165) is 95.8 Å². The van der Waals surface area contributed by atoms with Crippen molar-refractivity contribution in [1.82, 2.24) is 0 Å². The Kier molecular flexibility index (Phi) is 82.1. The second-order valence-corrected chi connectivity index (χ2v) is 36.1. The second-order valence-electron chi connectivity index (χ2n) is 33.2. The molecule has 0 amide bonds. The smallest absolute Gasteiger partial charge is 0.462 e. The first kappa shape index (κ1) is 108. The zero-order chi connectivity index (χ0) is 80.4. The van der Waals surface area contributed by atoms with Crippen LogP contribution >= 0.6 is 15.6 Å². The summed E-state index contributed by atoms with van der Waals surface area (Å²) in [6.07, 6.45) is 79.4. The maximum absolute atomic E-state index is 13.2. The Morgan fingerprint density at radius 1 is 0.245 bits per heavy atom. The summed E-state index contributed by atoms with van der Waals surface area (Å²) in [7, 11) is -9.93. The fraction of sp³-hybridized carbons (Fsp3) is 0.956. The number of hydrogen-bond donors (Lipinski definition) is 3. The quantitative estimate of drug-likeness (QED) is 0.0222. The van der Waals surface area contributed by atoms with Crippen LogP contribution in [-0.2, 0) is 65.4 Å². The molecule has 0 rings (SSSR count). The molecule has 2 unspecified atom stereocenters. The van der Waals surface area contributed by atoms with E-state index >= 15 is 0 Å². The minimum atomic E-state index is -4.97. The first-order valence-electron chi connectivity index (χ1n) is 47.1. The molecule has 0 saturated carbocycles. The lowest BCUT2D eigenvalue weighted by molar-refractivity contribution is -0.161. The van der Waals surface area contributed by atoms with Crippen LogP contribution in [0.5, 0.6) is 0 Å². The van der Waals surface area contributed by atoms with Crippen molar-refractivity contribution in [2.24, 2.45) is 5.92 Å². The third kappa shape index (κ3) is 84.0. The standard InChI is InChI=1S/C91H178O17P2/c1-6-9-12-15-18-21-23-25-27-29-31-32-34-38-42-46-50-55-60-65-70-75-89(94)102-81-87(108-91(96)77-72-67-62-57-52-48-44-40-36-35-37-41-45-49-54-58-63-68-73-84(4)5)83-106-110(99,100)104-79-85(92)78-103-109(97,98)105-82-86(80-101-88(93)74-69-64-59-53-20-17-14-11-8-3)107-90(95)76-71-66-61-56-51-47-43-39-33-30-28-26-24-22-19-16-13-10-7-2/h84-87,92H,6-83H2,1-5H3,(H,97,98)(H,99,100)/t85-,86+,87+/m0/s1. The van der Waals surface area contributed by atoms with Crippen molar-refractivity contribution in [3.8, 4) is 0 Å². The summed E-state index contributed by atoms with van der Waals surface area (Å²) >= 11 is 0. The number of esters is 4. The van der Waals surface area contributed by atoms with Crippen LogP contribution in [-0.4, -0.2) is 96.7 Å². The Morgan fingerprint density at radius 3 is 0.618 bits per heavy atom. The van der Waals surface area contributed by atoms with Crippen LogP contribution < -0.4 is 0 Å². The normalized spacial score (nSPS) is 13.7. The van der Waals surface area contributed by atoms with Crippen molar-refractivity contribution in [3.05, 3.63) is 0 Å². The molecule has 17 nitrogen and oxygen atoms in total. The number of carbonyl (C=O) groups is 4. The fourth-order valence-corrected chi connectivity index (χ4v) is 15.9. The van der Waals surface area contributed by atoms with Gasteiger partial charge in [0.1, 0.15) is 19.3 Å². The average Bonchev–Trinajstić information content (AvgIpc) is 0.897. The van der Waals surface area contributed by atoms with E-state index in [1.807, 2.05) is 0 Å². The molecule has 0 aromatic rings. The van der Waals surface area contributed by atoms with Crippen LogP contribution in [0.2, 0.25) is 0 Å². The maximum Gasteiger partial charge on any atom is 0.472 e. The molecular weight excluding hydrogens is 1430 g/mol. The first-order chi connectivity index (χ1) is 53.5. The van der Waals surface area contributed by atoms with Crippen LogP contribution in [0.3, 0.4) is 0 Å². The zero-order valence-electron chi connectivity index (χ0n) is 72.4. The van der Waals surface area contributed by atoms with E-state index in [9.17, 15) is 43.2 Å².